The smallest absolute Gasteiger partial charge is 0.375 e. The van der Waals surface area contributed by atoms with E-state index in [-0.39, 0.29) is 10.9 Å². The van der Waals surface area contributed by atoms with Gasteiger partial charge in [-0.2, -0.15) is 0 Å². The summed E-state index contributed by atoms with van der Waals surface area (Å²) in [6.07, 6.45) is 0.457. The molecular weight excluding hydrogens is 392 g/mol. The summed E-state index contributed by atoms with van der Waals surface area (Å²) in [5.41, 5.74) is 1.62. The molecule has 0 aliphatic rings. The molecule has 0 unspecified atom stereocenters. The Hall–Kier alpha value is -3.38. The Bertz CT molecular complexity index is 1250. The molecule has 0 aliphatic carbocycles. The molecule has 0 spiro atoms. The van der Waals surface area contributed by atoms with Crippen molar-refractivity contribution in [3.05, 3.63) is 71.2 Å². The number of carbonyl (C=O) groups is 2. The number of aromatic nitrogens is 1. The van der Waals surface area contributed by atoms with Gasteiger partial charge in [0.1, 0.15) is 5.58 Å². The average Bonchev–Trinajstić information content (AvgIpc) is 3.07. The van der Waals surface area contributed by atoms with E-state index in [0.717, 1.165) is 16.2 Å². The van der Waals surface area contributed by atoms with Gasteiger partial charge in [-0.1, -0.05) is 48.0 Å². The average molecular weight is 409 g/mol. The van der Waals surface area contributed by atoms with E-state index in [2.05, 4.69) is 10.3 Å². The molecule has 2 heterocycles. The Morgan fingerprint density at radius 2 is 1.90 bits per heavy atom. The van der Waals surface area contributed by atoms with E-state index < -0.39 is 18.0 Å². The summed E-state index contributed by atoms with van der Waals surface area (Å²) in [7, 11) is 0. The number of pyridine rings is 1. The minimum Gasteiger partial charge on any atom is -0.448 e. The predicted octanol–water partition coefficient (Wildman–Crippen LogP) is 5.13. The molecule has 2 aromatic carbocycles. The van der Waals surface area contributed by atoms with Crippen LogP contribution in [0.1, 0.15) is 23.0 Å². The van der Waals surface area contributed by atoms with Crippen molar-refractivity contribution in [3.8, 4) is 0 Å². The highest BCUT2D eigenvalue weighted by Gasteiger charge is 2.25. The maximum Gasteiger partial charge on any atom is 0.375 e. The Kier molecular flexibility index (Phi) is 4.94. The second kappa shape index (κ2) is 7.56. The van der Waals surface area contributed by atoms with Crippen molar-refractivity contribution < 1.29 is 18.7 Å². The van der Waals surface area contributed by atoms with Gasteiger partial charge in [-0.25, -0.2) is 9.78 Å². The van der Waals surface area contributed by atoms with Gasteiger partial charge in [0.25, 0.3) is 5.91 Å². The SMILES string of the molecule is Cc1c(C(=O)O[C@@H](C)C(=O)Nc2cccnc2Cl)oc2c1ccc1ccccc12. The lowest BCUT2D eigenvalue weighted by atomic mass is 10.1. The first-order valence-electron chi connectivity index (χ1n) is 8.99. The molecule has 0 saturated heterocycles. The van der Waals surface area contributed by atoms with E-state index in [9.17, 15) is 9.59 Å². The third-order valence-electron chi connectivity index (χ3n) is 4.68. The highest BCUT2D eigenvalue weighted by molar-refractivity contribution is 6.32. The minimum atomic E-state index is -1.05. The molecule has 4 rings (SSSR count). The molecule has 4 aromatic rings. The lowest BCUT2D eigenvalue weighted by Gasteiger charge is -2.13. The zero-order chi connectivity index (χ0) is 20.5. The minimum absolute atomic E-state index is 0.0791. The molecule has 6 nitrogen and oxygen atoms in total. The van der Waals surface area contributed by atoms with Crippen LogP contribution in [0.2, 0.25) is 5.15 Å². The van der Waals surface area contributed by atoms with Crippen molar-refractivity contribution in [2.45, 2.75) is 20.0 Å². The molecule has 146 valence electrons. The van der Waals surface area contributed by atoms with E-state index in [1.165, 1.54) is 13.1 Å². The van der Waals surface area contributed by atoms with E-state index in [1.54, 1.807) is 19.1 Å². The van der Waals surface area contributed by atoms with Gasteiger partial charge in [0.15, 0.2) is 11.3 Å². The number of amides is 1. The zero-order valence-electron chi connectivity index (χ0n) is 15.7. The number of anilines is 1. The van der Waals surface area contributed by atoms with Gasteiger partial charge < -0.3 is 14.5 Å². The lowest BCUT2D eigenvalue weighted by molar-refractivity contribution is -0.123. The van der Waals surface area contributed by atoms with E-state index in [0.29, 0.717) is 16.8 Å². The van der Waals surface area contributed by atoms with E-state index >= 15 is 0 Å². The third-order valence-corrected chi connectivity index (χ3v) is 4.98. The highest BCUT2D eigenvalue weighted by Crippen LogP contribution is 2.32. The van der Waals surface area contributed by atoms with Gasteiger partial charge in [-0.05, 0) is 31.4 Å². The third kappa shape index (κ3) is 3.54. The maximum absolute atomic E-state index is 12.7. The van der Waals surface area contributed by atoms with Gasteiger partial charge in [-0.3, -0.25) is 4.79 Å². The largest absolute Gasteiger partial charge is 0.448 e. The van der Waals surface area contributed by atoms with Gasteiger partial charge in [0, 0.05) is 22.5 Å². The molecule has 7 heteroatoms. The van der Waals surface area contributed by atoms with Crippen molar-refractivity contribution in [3.63, 3.8) is 0 Å². The highest BCUT2D eigenvalue weighted by atomic mass is 35.5. The molecule has 1 atom stereocenters. The predicted molar refractivity (Wildman–Crippen MR) is 111 cm³/mol. The molecule has 1 amide bonds. The van der Waals surface area contributed by atoms with Crippen LogP contribution in [0.15, 0.2) is 59.1 Å². The number of fused-ring (bicyclic) bond motifs is 3. The molecule has 0 aliphatic heterocycles. The van der Waals surface area contributed by atoms with Crippen LogP contribution in [0.25, 0.3) is 21.7 Å². The first-order chi connectivity index (χ1) is 14.0. The number of halogens is 1. The Balaban J connectivity index is 1.57. The molecule has 1 N–H and O–H groups in total. The lowest BCUT2D eigenvalue weighted by Crippen LogP contribution is -2.30. The van der Waals surface area contributed by atoms with Crippen molar-refractivity contribution in [2.75, 3.05) is 5.32 Å². The van der Waals surface area contributed by atoms with Crippen LogP contribution in [0.5, 0.6) is 0 Å². The van der Waals surface area contributed by atoms with Crippen LogP contribution in [0.4, 0.5) is 5.69 Å². The first-order valence-corrected chi connectivity index (χ1v) is 9.36. The number of hydrogen-bond acceptors (Lipinski definition) is 5. The van der Waals surface area contributed by atoms with Crippen molar-refractivity contribution >= 4 is 50.9 Å². The second-order valence-electron chi connectivity index (χ2n) is 6.60. The second-order valence-corrected chi connectivity index (χ2v) is 6.96. The first kappa shape index (κ1) is 19.0. The fourth-order valence-electron chi connectivity index (χ4n) is 3.13. The summed E-state index contributed by atoms with van der Waals surface area (Å²) in [5.74, 6) is -1.15. The van der Waals surface area contributed by atoms with Gasteiger partial charge in [0.05, 0.1) is 5.69 Å². The summed E-state index contributed by atoms with van der Waals surface area (Å²) in [5, 5.41) is 5.49. The fourth-order valence-corrected chi connectivity index (χ4v) is 3.29. The van der Waals surface area contributed by atoms with Crippen LogP contribution < -0.4 is 5.32 Å². The van der Waals surface area contributed by atoms with Crippen LogP contribution in [0.3, 0.4) is 0 Å². The number of hydrogen-bond donors (Lipinski definition) is 1. The molecule has 0 saturated carbocycles. The van der Waals surface area contributed by atoms with Crippen LogP contribution in [-0.4, -0.2) is 23.0 Å². The normalized spacial score (nSPS) is 12.1. The number of furan rings is 1. The standard InChI is InChI=1S/C22H17ClN2O4/c1-12-15-10-9-14-6-3-4-7-16(14)19(15)29-18(12)22(27)28-13(2)21(26)25-17-8-5-11-24-20(17)23/h3-11,13H,1-2H3,(H,25,26)/t13-/m0/s1. The number of aryl methyl sites for hydroxylation is 1. The fraction of sp³-hybridized carbons (Fsp3) is 0.136. The van der Waals surface area contributed by atoms with Gasteiger partial charge in [-0.15, -0.1) is 0 Å². The quantitative estimate of drug-likeness (QED) is 0.374. The Morgan fingerprint density at radius 1 is 1.10 bits per heavy atom. The topological polar surface area (TPSA) is 81.4 Å². The van der Waals surface area contributed by atoms with Crippen molar-refractivity contribution in [2.24, 2.45) is 0 Å². The summed E-state index contributed by atoms with van der Waals surface area (Å²) < 4.78 is 11.2. The number of carbonyl (C=O) groups excluding carboxylic acids is 2. The van der Waals surface area contributed by atoms with Crippen molar-refractivity contribution in [1.29, 1.82) is 0 Å². The van der Waals surface area contributed by atoms with Gasteiger partial charge in [0.2, 0.25) is 5.76 Å². The number of nitrogens with zero attached hydrogens (tertiary/aromatic N) is 1. The van der Waals surface area contributed by atoms with Crippen LogP contribution in [0, 0.1) is 6.92 Å². The Labute approximate surface area is 171 Å². The zero-order valence-corrected chi connectivity index (χ0v) is 16.5. The number of rotatable bonds is 4. The van der Waals surface area contributed by atoms with Crippen LogP contribution in [-0.2, 0) is 9.53 Å². The summed E-state index contributed by atoms with van der Waals surface area (Å²) in [4.78, 5) is 28.9. The van der Waals surface area contributed by atoms with Crippen molar-refractivity contribution in [1.82, 2.24) is 4.98 Å². The molecule has 0 bridgehead atoms. The molecule has 2 aromatic heterocycles. The van der Waals surface area contributed by atoms with E-state index in [4.69, 9.17) is 20.8 Å². The molecule has 0 radical (unpaired) electrons. The summed E-state index contributed by atoms with van der Waals surface area (Å²) in [6, 6.07) is 14.9. The number of nitrogens with one attached hydrogen (secondary N) is 1. The number of ether oxygens (including phenoxy) is 1. The summed E-state index contributed by atoms with van der Waals surface area (Å²) in [6.45, 7) is 3.27. The Morgan fingerprint density at radius 3 is 2.69 bits per heavy atom. The van der Waals surface area contributed by atoms with E-state index in [1.807, 2.05) is 36.4 Å². The monoisotopic (exact) mass is 408 g/mol. The number of benzene rings is 2. The molecular formula is C22H17ClN2O4. The van der Waals surface area contributed by atoms with Crippen LogP contribution >= 0.6 is 11.6 Å². The van der Waals surface area contributed by atoms with Gasteiger partial charge >= 0.3 is 5.97 Å². The number of esters is 1. The molecule has 0 fully saturated rings. The summed E-state index contributed by atoms with van der Waals surface area (Å²) >= 11 is 5.94. The molecule has 29 heavy (non-hydrogen) atoms. The maximum atomic E-state index is 12.7.